The zero-order valence-corrected chi connectivity index (χ0v) is 31.0. The van der Waals surface area contributed by atoms with Crippen LogP contribution in [0.25, 0.3) is 76.8 Å². The van der Waals surface area contributed by atoms with Crippen LogP contribution in [0.1, 0.15) is 50.7 Å². The zero-order valence-electron chi connectivity index (χ0n) is 31.0. The molecular weight excluding hydrogens is 653 g/mol. The number of fused-ring (bicyclic) bond motifs is 12. The van der Waals surface area contributed by atoms with E-state index in [0.29, 0.717) is 0 Å². The molecule has 4 heteroatoms. The number of aromatic nitrogens is 3. The highest BCUT2D eigenvalue weighted by Gasteiger charge is 2.38. The molecule has 11 rings (SSSR count). The average Bonchev–Trinajstić information content (AvgIpc) is 3.86. The molecule has 0 N–H and O–H groups in total. The first-order valence-corrected chi connectivity index (χ1v) is 19.9. The summed E-state index contributed by atoms with van der Waals surface area (Å²) in [5, 5.41) is 7.91. The van der Waals surface area contributed by atoms with Crippen molar-refractivity contribution in [2.75, 3.05) is 0 Å². The van der Waals surface area contributed by atoms with E-state index < -0.39 is 0 Å². The van der Waals surface area contributed by atoms with Gasteiger partial charge < -0.3 is 13.6 Å². The first-order valence-electron chi connectivity index (χ1n) is 19.9. The predicted molar refractivity (Wildman–Crippen MR) is 232 cm³/mol. The SMILES string of the molecule is CCCCc1ccc2c3ccc(CCCC)c4c3n(c2c1)-c1ccccc1B4n1c2ccccc2c2ccc3c(c4ccccc4n3-c3ccccc3)c21. The molecule has 260 valence electrons. The minimum absolute atomic E-state index is 0.0139. The van der Waals surface area contributed by atoms with Crippen LogP contribution in [-0.4, -0.2) is 20.5 Å². The Balaban J connectivity index is 1.33. The minimum Gasteiger partial charge on any atom is -0.375 e. The summed E-state index contributed by atoms with van der Waals surface area (Å²) in [6.07, 6.45) is 6.91. The van der Waals surface area contributed by atoms with Crippen molar-refractivity contribution < 1.29 is 0 Å². The summed E-state index contributed by atoms with van der Waals surface area (Å²) in [6, 6.07) is 55.2. The second kappa shape index (κ2) is 12.3. The summed E-state index contributed by atoms with van der Waals surface area (Å²) >= 11 is 0. The highest BCUT2D eigenvalue weighted by Crippen LogP contribution is 2.42. The van der Waals surface area contributed by atoms with Crippen molar-refractivity contribution in [1.82, 2.24) is 13.6 Å². The van der Waals surface area contributed by atoms with Gasteiger partial charge in [0.2, 0.25) is 0 Å². The van der Waals surface area contributed by atoms with Gasteiger partial charge in [-0.15, -0.1) is 0 Å². The number of nitrogens with zero attached hydrogens (tertiary/aromatic N) is 3. The van der Waals surface area contributed by atoms with Gasteiger partial charge in [0.25, 0.3) is 0 Å². The van der Waals surface area contributed by atoms with E-state index in [4.69, 9.17) is 0 Å². The monoisotopic (exact) mass is 695 g/mol. The third kappa shape index (κ3) is 4.37. The molecule has 3 nitrogen and oxygen atoms in total. The van der Waals surface area contributed by atoms with Crippen molar-refractivity contribution in [1.29, 1.82) is 0 Å². The Hall–Kier alpha value is -6.00. The van der Waals surface area contributed by atoms with Gasteiger partial charge in [-0.2, -0.15) is 0 Å². The molecule has 0 unspecified atom stereocenters. The quantitative estimate of drug-likeness (QED) is 0.141. The van der Waals surface area contributed by atoms with Crippen LogP contribution < -0.4 is 10.9 Å². The van der Waals surface area contributed by atoms with Crippen LogP contribution in [0.5, 0.6) is 0 Å². The van der Waals surface area contributed by atoms with Crippen molar-refractivity contribution in [2.45, 2.75) is 52.4 Å². The maximum absolute atomic E-state index is 2.74. The van der Waals surface area contributed by atoms with Gasteiger partial charge in [-0.05, 0) is 90.2 Å². The molecule has 54 heavy (non-hydrogen) atoms. The summed E-state index contributed by atoms with van der Waals surface area (Å²) in [4.78, 5) is 0. The number of para-hydroxylation sites is 4. The standard InChI is InChI=1S/C50H42BN3/c1-3-5-16-33-26-28-37-39-29-27-34(17-6-4-2)48-50(39)53(46(37)32-33)44-25-15-12-22-41(44)51(48)54-43-24-14-10-20-36(43)38-30-31-45-47(49(38)54)40-21-11-13-23-42(40)52(45)35-18-8-7-9-19-35/h7-15,18-32H,3-6,16-17H2,1-2H3. The van der Waals surface area contributed by atoms with E-state index in [2.05, 4.69) is 173 Å². The molecule has 7 aromatic carbocycles. The fourth-order valence-electron chi connectivity index (χ4n) is 9.91. The average molecular weight is 696 g/mol. The lowest BCUT2D eigenvalue weighted by Gasteiger charge is -2.30. The molecule has 0 radical (unpaired) electrons. The molecule has 0 saturated carbocycles. The van der Waals surface area contributed by atoms with Crippen molar-refractivity contribution >= 4 is 83.2 Å². The van der Waals surface area contributed by atoms with Gasteiger partial charge in [0.15, 0.2) is 0 Å². The molecule has 0 amide bonds. The van der Waals surface area contributed by atoms with E-state index in [1.165, 1.54) is 112 Å². The summed E-state index contributed by atoms with van der Waals surface area (Å²) < 4.78 is 7.83. The van der Waals surface area contributed by atoms with Gasteiger partial charge in [-0.25, -0.2) is 0 Å². The smallest absolute Gasteiger partial charge is 0.332 e. The third-order valence-corrected chi connectivity index (χ3v) is 12.3. The lowest BCUT2D eigenvalue weighted by molar-refractivity contribution is 0.795. The number of hydrogen-bond acceptors (Lipinski definition) is 0. The first-order chi connectivity index (χ1) is 26.8. The van der Waals surface area contributed by atoms with Crippen LogP contribution in [0.2, 0.25) is 0 Å². The topological polar surface area (TPSA) is 14.8 Å². The lowest BCUT2D eigenvalue weighted by Crippen LogP contribution is -2.54. The Bertz CT molecular complexity index is 3090. The van der Waals surface area contributed by atoms with Crippen LogP contribution in [-0.2, 0) is 12.8 Å². The largest absolute Gasteiger partial charge is 0.375 e. The third-order valence-electron chi connectivity index (χ3n) is 12.3. The normalized spacial score (nSPS) is 12.7. The number of unbranched alkanes of at least 4 members (excludes halogenated alkanes) is 2. The van der Waals surface area contributed by atoms with E-state index in [9.17, 15) is 0 Å². The maximum atomic E-state index is 2.74. The molecule has 1 aliphatic rings. The van der Waals surface area contributed by atoms with E-state index in [0.717, 1.165) is 25.7 Å². The molecule has 0 spiro atoms. The molecule has 0 atom stereocenters. The minimum atomic E-state index is -0.0139. The van der Waals surface area contributed by atoms with Crippen LogP contribution in [0.4, 0.5) is 0 Å². The van der Waals surface area contributed by atoms with Crippen LogP contribution in [0.3, 0.4) is 0 Å². The molecule has 1 aliphatic heterocycles. The van der Waals surface area contributed by atoms with Crippen molar-refractivity contribution in [3.63, 3.8) is 0 Å². The van der Waals surface area contributed by atoms with Gasteiger partial charge in [0.05, 0.1) is 22.1 Å². The zero-order chi connectivity index (χ0) is 35.9. The summed E-state index contributed by atoms with van der Waals surface area (Å²) in [7, 11) is 0. The Morgan fingerprint density at radius 2 is 1.15 bits per heavy atom. The van der Waals surface area contributed by atoms with Gasteiger partial charge in [-0.1, -0.05) is 130 Å². The fraction of sp³-hybridized carbons (Fsp3) is 0.160. The van der Waals surface area contributed by atoms with E-state index in [1.54, 1.807) is 0 Å². The van der Waals surface area contributed by atoms with Gasteiger partial charge in [0.1, 0.15) is 0 Å². The number of benzene rings is 7. The number of hydrogen-bond donors (Lipinski definition) is 0. The van der Waals surface area contributed by atoms with Crippen LogP contribution in [0.15, 0.2) is 146 Å². The van der Waals surface area contributed by atoms with Crippen LogP contribution in [0, 0.1) is 0 Å². The molecule has 3 aromatic heterocycles. The van der Waals surface area contributed by atoms with Gasteiger partial charge in [-0.3, -0.25) is 0 Å². The van der Waals surface area contributed by atoms with Crippen molar-refractivity contribution in [3.05, 3.63) is 157 Å². The Morgan fingerprint density at radius 1 is 0.481 bits per heavy atom. The van der Waals surface area contributed by atoms with E-state index in [-0.39, 0.29) is 6.85 Å². The lowest BCUT2D eigenvalue weighted by atomic mass is 9.47. The molecule has 0 bridgehead atoms. The van der Waals surface area contributed by atoms with E-state index in [1.807, 2.05) is 0 Å². The molecule has 0 saturated heterocycles. The highest BCUT2D eigenvalue weighted by molar-refractivity contribution is 6.89. The van der Waals surface area contributed by atoms with E-state index >= 15 is 0 Å². The summed E-state index contributed by atoms with van der Waals surface area (Å²) in [6.45, 7) is 4.59. The molecule has 0 aliphatic carbocycles. The second-order valence-corrected chi connectivity index (χ2v) is 15.3. The molecule has 4 heterocycles. The van der Waals surface area contributed by atoms with Gasteiger partial charge >= 0.3 is 6.85 Å². The summed E-state index contributed by atoms with van der Waals surface area (Å²) in [5.74, 6) is 0. The van der Waals surface area contributed by atoms with Crippen molar-refractivity contribution in [3.8, 4) is 11.4 Å². The van der Waals surface area contributed by atoms with Crippen molar-refractivity contribution in [2.24, 2.45) is 0 Å². The maximum Gasteiger partial charge on any atom is 0.332 e. The fourth-order valence-corrected chi connectivity index (χ4v) is 9.91. The Labute approximate surface area is 316 Å². The molecular formula is C50H42BN3. The molecule has 0 fully saturated rings. The number of aryl methyl sites for hydroxylation is 2. The van der Waals surface area contributed by atoms with Crippen LogP contribution >= 0.6 is 0 Å². The Kier molecular flexibility index (Phi) is 7.17. The number of rotatable bonds is 8. The Morgan fingerprint density at radius 3 is 2.00 bits per heavy atom. The summed E-state index contributed by atoms with van der Waals surface area (Å²) in [5.41, 5.74) is 15.9. The second-order valence-electron chi connectivity index (χ2n) is 15.3. The predicted octanol–water partition coefficient (Wildman–Crippen LogP) is 11.6. The highest BCUT2D eigenvalue weighted by atomic mass is 15.0. The first kappa shape index (κ1) is 31.5. The van der Waals surface area contributed by atoms with Gasteiger partial charge in [0, 0.05) is 54.7 Å². The molecule has 10 aromatic rings.